The van der Waals surface area contributed by atoms with Crippen LogP contribution < -0.4 is 0 Å². The molecule has 2 atom stereocenters. The van der Waals surface area contributed by atoms with Gasteiger partial charge in [0.1, 0.15) is 12.4 Å². The zero-order valence-electron chi connectivity index (χ0n) is 9.78. The van der Waals surface area contributed by atoms with Crippen molar-refractivity contribution < 1.29 is 19.8 Å². The van der Waals surface area contributed by atoms with Crippen molar-refractivity contribution in [3.05, 3.63) is 0 Å². The first-order chi connectivity index (χ1) is 6.75. The van der Waals surface area contributed by atoms with E-state index in [-0.39, 0.29) is 6.61 Å². The molecule has 0 aromatic heterocycles. The minimum absolute atomic E-state index is 0.286. The standard InChI is InChI=1S/C11H20O4/c1-5-11(4,7-13)9(15)8(14)10(2,3)6-12/h6,9,13,15H,5,7H2,1-4H3. The Hall–Kier alpha value is -0.740. The molecule has 0 radical (unpaired) electrons. The third kappa shape index (κ3) is 2.86. The number of hydrogen-bond donors (Lipinski definition) is 2. The Kier molecular flexibility index (Phi) is 4.62. The van der Waals surface area contributed by atoms with E-state index in [0.29, 0.717) is 12.7 Å². The summed E-state index contributed by atoms with van der Waals surface area (Å²) in [5.74, 6) is -0.545. The molecule has 2 N–H and O–H groups in total. The number of carbonyl (C=O) groups excluding carboxylic acids is 2. The largest absolute Gasteiger partial charge is 0.396 e. The SMILES string of the molecule is CCC(C)(CO)C(O)C(=O)C(C)(C)C=O. The van der Waals surface area contributed by atoms with E-state index in [1.54, 1.807) is 13.8 Å². The van der Waals surface area contributed by atoms with Crippen molar-refractivity contribution in [2.45, 2.75) is 40.2 Å². The predicted molar refractivity (Wildman–Crippen MR) is 56.3 cm³/mol. The van der Waals surface area contributed by atoms with E-state index in [0.717, 1.165) is 0 Å². The van der Waals surface area contributed by atoms with E-state index in [1.807, 2.05) is 0 Å². The van der Waals surface area contributed by atoms with Crippen molar-refractivity contribution in [2.24, 2.45) is 10.8 Å². The lowest BCUT2D eigenvalue weighted by molar-refractivity contribution is -0.147. The van der Waals surface area contributed by atoms with Crippen molar-refractivity contribution >= 4 is 12.1 Å². The molecule has 0 aliphatic carbocycles. The number of ketones is 1. The first-order valence-corrected chi connectivity index (χ1v) is 5.04. The molecule has 2 unspecified atom stereocenters. The fourth-order valence-corrected chi connectivity index (χ4v) is 1.12. The Morgan fingerprint density at radius 2 is 1.87 bits per heavy atom. The van der Waals surface area contributed by atoms with Crippen LogP contribution in [0.2, 0.25) is 0 Å². The molecular weight excluding hydrogens is 196 g/mol. The van der Waals surface area contributed by atoms with Crippen molar-refractivity contribution in [3.8, 4) is 0 Å². The van der Waals surface area contributed by atoms with Crippen molar-refractivity contribution in [3.63, 3.8) is 0 Å². The van der Waals surface area contributed by atoms with Gasteiger partial charge in [-0.3, -0.25) is 4.79 Å². The van der Waals surface area contributed by atoms with Gasteiger partial charge in [0.05, 0.1) is 12.0 Å². The number of aliphatic hydroxyl groups is 2. The van der Waals surface area contributed by atoms with Gasteiger partial charge in [-0.25, -0.2) is 0 Å². The Balaban J connectivity index is 4.93. The molecule has 0 saturated heterocycles. The minimum Gasteiger partial charge on any atom is -0.396 e. The fraction of sp³-hybridized carbons (Fsp3) is 0.818. The highest BCUT2D eigenvalue weighted by Gasteiger charge is 2.42. The molecule has 0 aromatic carbocycles. The van der Waals surface area contributed by atoms with Gasteiger partial charge in [0.15, 0.2) is 5.78 Å². The second-order valence-corrected chi connectivity index (χ2v) is 4.77. The molecule has 0 bridgehead atoms. The lowest BCUT2D eigenvalue weighted by atomic mass is 9.74. The predicted octanol–water partition coefficient (Wildman–Crippen LogP) is 0.550. The summed E-state index contributed by atoms with van der Waals surface area (Å²) in [7, 11) is 0. The summed E-state index contributed by atoms with van der Waals surface area (Å²) < 4.78 is 0. The minimum atomic E-state index is -1.31. The molecule has 4 nitrogen and oxygen atoms in total. The van der Waals surface area contributed by atoms with Crippen LogP contribution in [0.1, 0.15) is 34.1 Å². The summed E-state index contributed by atoms with van der Waals surface area (Å²) in [6, 6.07) is 0. The van der Waals surface area contributed by atoms with Crippen LogP contribution in [-0.2, 0) is 9.59 Å². The molecule has 0 amide bonds. The normalized spacial score (nSPS) is 18.0. The van der Waals surface area contributed by atoms with Crippen molar-refractivity contribution in [2.75, 3.05) is 6.61 Å². The number of aliphatic hydroxyl groups excluding tert-OH is 2. The van der Waals surface area contributed by atoms with Crippen LogP contribution in [0.3, 0.4) is 0 Å². The van der Waals surface area contributed by atoms with Gasteiger partial charge < -0.3 is 15.0 Å². The second kappa shape index (κ2) is 4.86. The first kappa shape index (κ1) is 14.3. The smallest absolute Gasteiger partial charge is 0.174 e. The van der Waals surface area contributed by atoms with E-state index < -0.39 is 22.7 Å². The van der Waals surface area contributed by atoms with Crippen molar-refractivity contribution in [1.82, 2.24) is 0 Å². The Labute approximate surface area is 90.3 Å². The maximum absolute atomic E-state index is 11.8. The summed E-state index contributed by atoms with van der Waals surface area (Å²) in [4.78, 5) is 22.4. The Bertz CT molecular complexity index is 241. The van der Waals surface area contributed by atoms with Gasteiger partial charge in [-0.05, 0) is 20.3 Å². The van der Waals surface area contributed by atoms with Gasteiger partial charge in [0.2, 0.25) is 0 Å². The summed E-state index contributed by atoms with van der Waals surface area (Å²) in [6.45, 7) is 6.03. The molecule has 4 heteroatoms. The zero-order valence-corrected chi connectivity index (χ0v) is 9.78. The maximum atomic E-state index is 11.8. The van der Waals surface area contributed by atoms with Gasteiger partial charge in [-0.2, -0.15) is 0 Å². The molecule has 0 aromatic rings. The molecule has 88 valence electrons. The molecule has 0 spiro atoms. The van der Waals surface area contributed by atoms with Crippen LogP contribution in [0.5, 0.6) is 0 Å². The third-order valence-corrected chi connectivity index (χ3v) is 3.01. The zero-order chi connectivity index (χ0) is 12.3. The van der Waals surface area contributed by atoms with Crippen LogP contribution in [0.15, 0.2) is 0 Å². The Morgan fingerprint density at radius 3 is 2.13 bits per heavy atom. The average molecular weight is 216 g/mol. The van der Waals surface area contributed by atoms with Gasteiger partial charge in [0.25, 0.3) is 0 Å². The molecule has 15 heavy (non-hydrogen) atoms. The molecular formula is C11H20O4. The average Bonchev–Trinajstić information content (AvgIpc) is 2.25. The van der Waals surface area contributed by atoms with Crippen molar-refractivity contribution in [1.29, 1.82) is 0 Å². The molecule has 0 heterocycles. The van der Waals surface area contributed by atoms with E-state index >= 15 is 0 Å². The molecule has 0 aliphatic rings. The number of hydrogen-bond acceptors (Lipinski definition) is 4. The Morgan fingerprint density at radius 1 is 1.40 bits per heavy atom. The van der Waals surface area contributed by atoms with Gasteiger partial charge in [-0.15, -0.1) is 0 Å². The third-order valence-electron chi connectivity index (χ3n) is 3.01. The van der Waals surface area contributed by atoms with Gasteiger partial charge in [-0.1, -0.05) is 13.8 Å². The number of aldehydes is 1. The highest BCUT2D eigenvalue weighted by atomic mass is 16.3. The van der Waals surface area contributed by atoms with Gasteiger partial charge in [0, 0.05) is 5.41 Å². The summed E-state index contributed by atoms with van der Waals surface area (Å²) in [6.07, 6.45) is -0.329. The maximum Gasteiger partial charge on any atom is 0.174 e. The van der Waals surface area contributed by atoms with Crippen LogP contribution in [0, 0.1) is 10.8 Å². The molecule has 0 fully saturated rings. The highest BCUT2D eigenvalue weighted by Crippen LogP contribution is 2.30. The van der Waals surface area contributed by atoms with Gasteiger partial charge >= 0.3 is 0 Å². The number of carbonyl (C=O) groups is 2. The van der Waals surface area contributed by atoms with Crippen LogP contribution in [0.25, 0.3) is 0 Å². The summed E-state index contributed by atoms with van der Waals surface area (Å²) in [5, 5.41) is 19.0. The van der Waals surface area contributed by atoms with Crippen LogP contribution in [-0.4, -0.2) is 35.0 Å². The van der Waals surface area contributed by atoms with E-state index in [9.17, 15) is 14.7 Å². The van der Waals surface area contributed by atoms with E-state index in [2.05, 4.69) is 0 Å². The monoisotopic (exact) mass is 216 g/mol. The highest BCUT2D eigenvalue weighted by molar-refractivity contribution is 6.00. The van der Waals surface area contributed by atoms with E-state index in [1.165, 1.54) is 13.8 Å². The topological polar surface area (TPSA) is 74.6 Å². The number of rotatable bonds is 6. The summed E-state index contributed by atoms with van der Waals surface area (Å²) in [5.41, 5.74) is -2.08. The molecule has 0 saturated carbocycles. The molecule has 0 rings (SSSR count). The molecule has 0 aliphatic heterocycles. The van der Waals surface area contributed by atoms with Crippen LogP contribution >= 0.6 is 0 Å². The lowest BCUT2D eigenvalue weighted by Gasteiger charge is -2.33. The first-order valence-electron chi connectivity index (χ1n) is 5.04. The number of Topliss-reactive ketones (excluding diaryl/α,β-unsaturated/α-hetero) is 1. The van der Waals surface area contributed by atoms with Crippen LogP contribution in [0.4, 0.5) is 0 Å². The lowest BCUT2D eigenvalue weighted by Crippen LogP contribution is -2.47. The fourth-order valence-electron chi connectivity index (χ4n) is 1.12. The quantitative estimate of drug-likeness (QED) is 0.502. The summed E-state index contributed by atoms with van der Waals surface area (Å²) >= 11 is 0. The van der Waals surface area contributed by atoms with E-state index in [4.69, 9.17) is 5.11 Å². The second-order valence-electron chi connectivity index (χ2n) is 4.77.